The summed E-state index contributed by atoms with van der Waals surface area (Å²) in [6.07, 6.45) is 2.63. The molecule has 0 N–H and O–H groups in total. The summed E-state index contributed by atoms with van der Waals surface area (Å²) in [4.78, 5) is 0. The quantitative estimate of drug-likeness (QED) is 0.745. The Kier molecular flexibility index (Phi) is 2.67. The predicted molar refractivity (Wildman–Crippen MR) is 56.7 cm³/mol. The van der Waals surface area contributed by atoms with E-state index in [1.54, 1.807) is 0 Å². The molecule has 1 nitrogen and oxygen atoms in total. The van der Waals surface area contributed by atoms with Crippen molar-refractivity contribution in [3.8, 4) is 6.07 Å². The van der Waals surface area contributed by atoms with Gasteiger partial charge in [0.05, 0.1) is 11.5 Å². The summed E-state index contributed by atoms with van der Waals surface area (Å²) < 4.78 is 26.4. The maximum Gasteiger partial charge on any atom is 0.129 e. The molecular weight excluding hydrogens is 208 g/mol. The summed E-state index contributed by atoms with van der Waals surface area (Å²) in [5.74, 6) is -1.30. The Morgan fingerprint density at radius 2 is 2.06 bits per heavy atom. The summed E-state index contributed by atoms with van der Waals surface area (Å²) in [7, 11) is 0. The topological polar surface area (TPSA) is 23.8 Å². The minimum absolute atomic E-state index is 0.174. The van der Waals surface area contributed by atoms with Crippen molar-refractivity contribution in [2.75, 3.05) is 0 Å². The average molecular weight is 221 g/mol. The summed E-state index contributed by atoms with van der Waals surface area (Å²) >= 11 is 0. The fourth-order valence-corrected chi connectivity index (χ4v) is 2.35. The van der Waals surface area contributed by atoms with Gasteiger partial charge in [-0.3, -0.25) is 0 Å². The standard InChI is InChI=1S/C13H13F2N/c1-9(13(8-16)5-2-6-13)11-4-3-10(14)7-12(11)15/h3-4,7,9H,2,5-6H2,1H3. The molecule has 0 amide bonds. The van der Waals surface area contributed by atoms with Crippen molar-refractivity contribution < 1.29 is 8.78 Å². The largest absolute Gasteiger partial charge is 0.207 e. The Bertz CT molecular complexity index is 444. The highest BCUT2D eigenvalue weighted by atomic mass is 19.1. The summed E-state index contributed by atoms with van der Waals surface area (Å²) in [6.45, 7) is 1.85. The third-order valence-corrected chi connectivity index (χ3v) is 3.73. The molecule has 3 heteroatoms. The summed E-state index contributed by atoms with van der Waals surface area (Å²) in [5, 5.41) is 9.17. The average Bonchev–Trinajstić information content (AvgIpc) is 2.16. The van der Waals surface area contributed by atoms with Crippen molar-refractivity contribution in [1.82, 2.24) is 0 Å². The summed E-state index contributed by atoms with van der Waals surface area (Å²) in [5.41, 5.74) is 0.00113. The zero-order chi connectivity index (χ0) is 11.8. The molecule has 0 aliphatic heterocycles. The Labute approximate surface area is 93.7 Å². The third kappa shape index (κ3) is 1.59. The third-order valence-electron chi connectivity index (χ3n) is 3.73. The van der Waals surface area contributed by atoms with Crippen LogP contribution >= 0.6 is 0 Å². The van der Waals surface area contributed by atoms with Crippen LogP contribution in [0.2, 0.25) is 0 Å². The second kappa shape index (κ2) is 3.86. The minimum atomic E-state index is -0.576. The molecule has 1 aliphatic rings. The van der Waals surface area contributed by atoms with Crippen LogP contribution in [-0.4, -0.2) is 0 Å². The van der Waals surface area contributed by atoms with Gasteiger partial charge in [0, 0.05) is 12.0 Å². The molecule has 0 spiro atoms. The van der Waals surface area contributed by atoms with Crippen LogP contribution in [0.15, 0.2) is 18.2 Å². The lowest BCUT2D eigenvalue weighted by atomic mass is 9.61. The predicted octanol–water partition coefficient (Wildman–Crippen LogP) is 3.76. The number of benzene rings is 1. The number of nitrogens with zero attached hydrogens (tertiary/aromatic N) is 1. The van der Waals surface area contributed by atoms with Crippen LogP contribution < -0.4 is 0 Å². The maximum absolute atomic E-state index is 13.6. The lowest BCUT2D eigenvalue weighted by Gasteiger charge is -2.40. The van der Waals surface area contributed by atoms with Gasteiger partial charge in [-0.15, -0.1) is 0 Å². The molecule has 1 aliphatic carbocycles. The highest BCUT2D eigenvalue weighted by molar-refractivity contribution is 5.28. The summed E-state index contributed by atoms with van der Waals surface area (Å²) in [6, 6.07) is 5.88. The van der Waals surface area contributed by atoms with Crippen molar-refractivity contribution in [2.45, 2.75) is 32.1 Å². The first-order chi connectivity index (χ1) is 7.59. The highest BCUT2D eigenvalue weighted by Crippen LogP contribution is 2.51. The van der Waals surface area contributed by atoms with Crippen LogP contribution in [-0.2, 0) is 0 Å². The van der Waals surface area contributed by atoms with Gasteiger partial charge in [-0.2, -0.15) is 5.26 Å². The van der Waals surface area contributed by atoms with E-state index in [2.05, 4.69) is 6.07 Å². The van der Waals surface area contributed by atoms with E-state index in [9.17, 15) is 8.78 Å². The van der Waals surface area contributed by atoms with Gasteiger partial charge < -0.3 is 0 Å². The minimum Gasteiger partial charge on any atom is -0.207 e. The Hall–Kier alpha value is -1.43. The lowest BCUT2D eigenvalue weighted by molar-refractivity contribution is 0.173. The monoisotopic (exact) mass is 221 g/mol. The SMILES string of the molecule is CC(c1ccc(F)cc1F)C1(C#N)CCC1. The molecular formula is C13H13F2N. The zero-order valence-corrected chi connectivity index (χ0v) is 9.13. The molecule has 0 radical (unpaired) electrons. The first-order valence-electron chi connectivity index (χ1n) is 5.45. The molecule has 16 heavy (non-hydrogen) atoms. The number of hydrogen-bond acceptors (Lipinski definition) is 1. The van der Waals surface area contributed by atoms with Crippen molar-refractivity contribution in [2.24, 2.45) is 5.41 Å². The Morgan fingerprint density at radius 1 is 1.38 bits per heavy atom. The van der Waals surface area contributed by atoms with E-state index in [1.165, 1.54) is 12.1 Å². The van der Waals surface area contributed by atoms with Crippen LogP contribution in [0.5, 0.6) is 0 Å². The fraction of sp³-hybridized carbons (Fsp3) is 0.462. The maximum atomic E-state index is 13.6. The molecule has 2 rings (SSSR count). The molecule has 0 saturated heterocycles. The second-order valence-corrected chi connectivity index (χ2v) is 4.51. The molecule has 1 atom stereocenters. The molecule has 1 saturated carbocycles. The van der Waals surface area contributed by atoms with Gasteiger partial charge in [-0.1, -0.05) is 19.4 Å². The van der Waals surface area contributed by atoms with Crippen LogP contribution in [0.25, 0.3) is 0 Å². The zero-order valence-electron chi connectivity index (χ0n) is 9.13. The van der Waals surface area contributed by atoms with Gasteiger partial charge in [0.25, 0.3) is 0 Å². The van der Waals surface area contributed by atoms with E-state index in [0.29, 0.717) is 5.56 Å². The normalized spacial score (nSPS) is 19.6. The van der Waals surface area contributed by atoms with Crippen LogP contribution in [0.1, 0.15) is 37.7 Å². The Morgan fingerprint density at radius 3 is 2.50 bits per heavy atom. The van der Waals surface area contributed by atoms with Crippen LogP contribution in [0.4, 0.5) is 8.78 Å². The first kappa shape index (κ1) is 11.1. The fourth-order valence-electron chi connectivity index (χ4n) is 2.35. The molecule has 1 unspecified atom stereocenters. The Balaban J connectivity index is 2.34. The van der Waals surface area contributed by atoms with E-state index in [0.717, 1.165) is 25.3 Å². The van der Waals surface area contributed by atoms with E-state index >= 15 is 0 Å². The van der Waals surface area contributed by atoms with E-state index in [4.69, 9.17) is 5.26 Å². The number of nitriles is 1. The van der Waals surface area contributed by atoms with Crippen LogP contribution in [0.3, 0.4) is 0 Å². The second-order valence-electron chi connectivity index (χ2n) is 4.51. The smallest absolute Gasteiger partial charge is 0.129 e. The highest BCUT2D eigenvalue weighted by Gasteiger charge is 2.43. The number of halogens is 2. The van der Waals surface area contributed by atoms with Gasteiger partial charge in [0.15, 0.2) is 0 Å². The molecule has 1 aromatic carbocycles. The van der Waals surface area contributed by atoms with Crippen molar-refractivity contribution in [1.29, 1.82) is 5.26 Å². The van der Waals surface area contributed by atoms with Gasteiger partial charge in [-0.05, 0) is 24.5 Å². The number of hydrogen-bond donors (Lipinski definition) is 0. The van der Waals surface area contributed by atoms with Gasteiger partial charge in [0.1, 0.15) is 11.6 Å². The van der Waals surface area contributed by atoms with Crippen molar-refractivity contribution in [3.63, 3.8) is 0 Å². The number of rotatable bonds is 2. The molecule has 1 fully saturated rings. The van der Waals surface area contributed by atoms with Crippen LogP contribution in [0, 0.1) is 28.4 Å². The van der Waals surface area contributed by atoms with Crippen molar-refractivity contribution in [3.05, 3.63) is 35.4 Å². The van der Waals surface area contributed by atoms with Crippen molar-refractivity contribution >= 4 is 0 Å². The van der Waals surface area contributed by atoms with E-state index in [1.807, 2.05) is 6.92 Å². The van der Waals surface area contributed by atoms with E-state index < -0.39 is 17.0 Å². The molecule has 84 valence electrons. The van der Waals surface area contributed by atoms with Gasteiger partial charge in [0.2, 0.25) is 0 Å². The molecule has 0 heterocycles. The molecule has 1 aromatic rings. The first-order valence-corrected chi connectivity index (χ1v) is 5.45. The molecule has 0 aromatic heterocycles. The van der Waals surface area contributed by atoms with Gasteiger partial charge in [-0.25, -0.2) is 8.78 Å². The lowest BCUT2D eigenvalue weighted by Crippen LogP contribution is -2.33. The van der Waals surface area contributed by atoms with Gasteiger partial charge >= 0.3 is 0 Å². The van der Waals surface area contributed by atoms with E-state index in [-0.39, 0.29) is 5.92 Å². The molecule has 0 bridgehead atoms.